The molecule has 0 atom stereocenters. The van der Waals surface area contributed by atoms with E-state index < -0.39 is 0 Å². The molecule has 1 aromatic carbocycles. The fourth-order valence-electron chi connectivity index (χ4n) is 2.43. The highest BCUT2D eigenvalue weighted by Gasteiger charge is 2.12. The van der Waals surface area contributed by atoms with Gasteiger partial charge in [0.2, 0.25) is 0 Å². The van der Waals surface area contributed by atoms with E-state index in [1.54, 1.807) is 18.0 Å². The third-order valence-electron chi connectivity index (χ3n) is 3.49. The van der Waals surface area contributed by atoms with Gasteiger partial charge < -0.3 is 4.74 Å². The molecule has 0 aliphatic rings. The molecule has 0 amide bonds. The molecule has 108 valence electrons. The number of para-hydroxylation sites is 2. The Hall–Kier alpha value is -3.15. The number of nitrogens with zero attached hydrogens (tertiary/aromatic N) is 5. The van der Waals surface area contributed by atoms with Gasteiger partial charge in [0.15, 0.2) is 11.5 Å². The third kappa shape index (κ3) is 1.93. The molecule has 4 rings (SSSR count). The zero-order valence-electron chi connectivity index (χ0n) is 11.9. The zero-order chi connectivity index (χ0) is 14.9. The monoisotopic (exact) mass is 291 g/mol. The number of methoxy groups -OCH3 is 1. The van der Waals surface area contributed by atoms with Gasteiger partial charge in [0, 0.05) is 12.4 Å². The lowest BCUT2D eigenvalue weighted by atomic mass is 10.3. The van der Waals surface area contributed by atoms with Crippen LogP contribution in [-0.2, 0) is 0 Å². The van der Waals surface area contributed by atoms with Crippen LogP contribution in [0.3, 0.4) is 0 Å². The summed E-state index contributed by atoms with van der Waals surface area (Å²) in [5, 5.41) is 12.8. The summed E-state index contributed by atoms with van der Waals surface area (Å²) in [5.41, 5.74) is 2.58. The van der Waals surface area contributed by atoms with Crippen LogP contribution in [0.4, 0.5) is 0 Å². The molecule has 3 heterocycles. The van der Waals surface area contributed by atoms with Gasteiger partial charge in [-0.25, -0.2) is 4.68 Å². The Morgan fingerprint density at radius 2 is 1.86 bits per heavy atom. The number of aromatic nitrogens is 5. The van der Waals surface area contributed by atoms with E-state index in [0.29, 0.717) is 0 Å². The van der Waals surface area contributed by atoms with Crippen molar-refractivity contribution in [2.24, 2.45) is 0 Å². The van der Waals surface area contributed by atoms with Crippen LogP contribution in [0.1, 0.15) is 0 Å². The molecule has 0 fully saturated rings. The van der Waals surface area contributed by atoms with E-state index in [1.165, 1.54) is 0 Å². The van der Waals surface area contributed by atoms with Crippen molar-refractivity contribution in [3.8, 4) is 22.8 Å². The van der Waals surface area contributed by atoms with Gasteiger partial charge in [-0.05, 0) is 24.3 Å². The van der Waals surface area contributed by atoms with Crippen molar-refractivity contribution in [1.82, 2.24) is 24.4 Å². The Morgan fingerprint density at radius 3 is 2.77 bits per heavy atom. The van der Waals surface area contributed by atoms with Crippen LogP contribution in [0.15, 0.2) is 61.1 Å². The average molecular weight is 291 g/mol. The number of fused-ring (bicyclic) bond motifs is 1. The topological polar surface area (TPSA) is 57.2 Å². The predicted molar refractivity (Wildman–Crippen MR) is 82.1 cm³/mol. The van der Waals surface area contributed by atoms with Crippen LogP contribution >= 0.6 is 0 Å². The van der Waals surface area contributed by atoms with Crippen LogP contribution in [0.25, 0.3) is 22.7 Å². The predicted octanol–water partition coefficient (Wildman–Crippen LogP) is 2.59. The number of hydrogen-bond donors (Lipinski definition) is 0. The first-order valence-electron chi connectivity index (χ1n) is 6.85. The van der Waals surface area contributed by atoms with E-state index in [4.69, 9.17) is 4.74 Å². The first-order valence-corrected chi connectivity index (χ1v) is 6.85. The second kappa shape index (κ2) is 5.00. The van der Waals surface area contributed by atoms with Gasteiger partial charge in [-0.1, -0.05) is 18.2 Å². The summed E-state index contributed by atoms with van der Waals surface area (Å²) < 4.78 is 9.09. The molecule has 0 saturated carbocycles. The van der Waals surface area contributed by atoms with Crippen molar-refractivity contribution in [1.29, 1.82) is 0 Å². The smallest absolute Gasteiger partial charge is 0.171 e. The molecule has 0 bridgehead atoms. The summed E-state index contributed by atoms with van der Waals surface area (Å²) in [6.07, 6.45) is 5.63. The van der Waals surface area contributed by atoms with Gasteiger partial charge >= 0.3 is 0 Å². The molecule has 4 aromatic rings. The summed E-state index contributed by atoms with van der Waals surface area (Å²) in [5.74, 6) is 1.53. The van der Waals surface area contributed by atoms with Gasteiger partial charge in [-0.3, -0.25) is 4.40 Å². The van der Waals surface area contributed by atoms with E-state index >= 15 is 0 Å². The normalized spacial score (nSPS) is 11.0. The molecule has 0 unspecified atom stereocenters. The van der Waals surface area contributed by atoms with Gasteiger partial charge in [0.25, 0.3) is 0 Å². The number of hydrogen-bond acceptors (Lipinski definition) is 4. The standard InChI is InChI=1S/C16H13N5O/c1-22-14-7-3-2-6-13(14)21-11-12(10-17-21)16-19-18-15-8-4-5-9-20(15)16/h2-11H,1H3. The fraction of sp³-hybridized carbons (Fsp3) is 0.0625. The lowest BCUT2D eigenvalue weighted by Gasteiger charge is -2.07. The second-order valence-electron chi connectivity index (χ2n) is 4.80. The van der Waals surface area contributed by atoms with Crippen molar-refractivity contribution >= 4 is 5.65 Å². The quantitative estimate of drug-likeness (QED) is 0.582. The number of pyridine rings is 1. The minimum atomic E-state index is 0.761. The first-order chi connectivity index (χ1) is 10.9. The van der Waals surface area contributed by atoms with Crippen LogP contribution in [-0.4, -0.2) is 31.5 Å². The average Bonchev–Trinajstić information content (AvgIpc) is 3.21. The molecule has 0 radical (unpaired) electrons. The Balaban J connectivity index is 1.82. The first kappa shape index (κ1) is 12.6. The number of rotatable bonds is 3. The highest BCUT2D eigenvalue weighted by atomic mass is 16.5. The fourth-order valence-corrected chi connectivity index (χ4v) is 2.43. The molecule has 0 N–H and O–H groups in total. The molecule has 0 saturated heterocycles. The SMILES string of the molecule is COc1ccccc1-n1cc(-c2nnc3ccccn23)cn1. The summed E-state index contributed by atoms with van der Waals surface area (Å²) in [7, 11) is 1.65. The Labute approximate surface area is 126 Å². The zero-order valence-corrected chi connectivity index (χ0v) is 11.9. The highest BCUT2D eigenvalue weighted by molar-refractivity contribution is 5.59. The van der Waals surface area contributed by atoms with Crippen molar-refractivity contribution in [2.75, 3.05) is 7.11 Å². The maximum absolute atomic E-state index is 5.38. The lowest BCUT2D eigenvalue weighted by molar-refractivity contribution is 0.411. The van der Waals surface area contributed by atoms with Crippen LogP contribution in [0, 0.1) is 0 Å². The van der Waals surface area contributed by atoms with E-state index in [9.17, 15) is 0 Å². The molecule has 22 heavy (non-hydrogen) atoms. The maximum Gasteiger partial charge on any atom is 0.171 e. The number of ether oxygens (including phenoxy) is 1. The Bertz CT molecular complexity index is 940. The molecule has 3 aromatic heterocycles. The van der Waals surface area contributed by atoms with Gasteiger partial charge in [-0.2, -0.15) is 5.10 Å². The molecular weight excluding hydrogens is 278 g/mol. The maximum atomic E-state index is 5.38. The second-order valence-corrected chi connectivity index (χ2v) is 4.80. The Morgan fingerprint density at radius 1 is 1.00 bits per heavy atom. The van der Waals surface area contributed by atoms with E-state index in [2.05, 4.69) is 15.3 Å². The van der Waals surface area contributed by atoms with Crippen molar-refractivity contribution in [3.63, 3.8) is 0 Å². The minimum absolute atomic E-state index is 0.761. The van der Waals surface area contributed by atoms with E-state index in [-0.39, 0.29) is 0 Å². The Kier molecular flexibility index (Phi) is 2.86. The lowest BCUT2D eigenvalue weighted by Crippen LogP contribution is -1.97. The molecule has 0 aliphatic heterocycles. The van der Waals surface area contributed by atoms with E-state index in [0.717, 1.165) is 28.5 Å². The van der Waals surface area contributed by atoms with E-state index in [1.807, 2.05) is 59.3 Å². The van der Waals surface area contributed by atoms with Crippen LogP contribution < -0.4 is 4.74 Å². The molecule has 6 nitrogen and oxygen atoms in total. The molecular formula is C16H13N5O. The minimum Gasteiger partial charge on any atom is -0.494 e. The van der Waals surface area contributed by atoms with Crippen LogP contribution in [0.2, 0.25) is 0 Å². The third-order valence-corrected chi connectivity index (χ3v) is 3.49. The number of benzene rings is 1. The van der Waals surface area contributed by atoms with Crippen molar-refractivity contribution in [3.05, 3.63) is 61.1 Å². The molecule has 6 heteroatoms. The summed E-state index contributed by atoms with van der Waals surface area (Å²) in [4.78, 5) is 0. The van der Waals surface area contributed by atoms with Gasteiger partial charge in [0.05, 0.1) is 18.9 Å². The molecule has 0 spiro atoms. The van der Waals surface area contributed by atoms with Crippen LogP contribution in [0.5, 0.6) is 5.75 Å². The van der Waals surface area contributed by atoms with Crippen molar-refractivity contribution < 1.29 is 4.74 Å². The highest BCUT2D eigenvalue weighted by Crippen LogP contribution is 2.24. The summed E-state index contributed by atoms with van der Waals surface area (Å²) >= 11 is 0. The molecule has 0 aliphatic carbocycles. The summed E-state index contributed by atoms with van der Waals surface area (Å²) in [6, 6.07) is 13.5. The summed E-state index contributed by atoms with van der Waals surface area (Å²) in [6.45, 7) is 0. The van der Waals surface area contributed by atoms with Crippen molar-refractivity contribution in [2.45, 2.75) is 0 Å². The largest absolute Gasteiger partial charge is 0.494 e. The van der Waals surface area contributed by atoms with Gasteiger partial charge in [-0.15, -0.1) is 10.2 Å². The van der Waals surface area contributed by atoms with Gasteiger partial charge in [0.1, 0.15) is 11.4 Å².